The Kier molecular flexibility index (Phi) is 2.67. The summed E-state index contributed by atoms with van der Waals surface area (Å²) in [7, 11) is 0. The number of rotatable bonds is 2. The van der Waals surface area contributed by atoms with Crippen LogP contribution in [-0.2, 0) is 11.2 Å². The van der Waals surface area contributed by atoms with E-state index in [1.165, 1.54) is 0 Å². The molecule has 0 radical (unpaired) electrons. The third-order valence-corrected chi connectivity index (χ3v) is 3.65. The molecule has 0 bridgehead atoms. The molecule has 0 amide bonds. The lowest BCUT2D eigenvalue weighted by atomic mass is 10.1. The predicted molar refractivity (Wildman–Crippen MR) is 62.9 cm³/mol. The first-order chi connectivity index (χ1) is 7.08. The summed E-state index contributed by atoms with van der Waals surface area (Å²) in [5, 5.41) is 10.4. The van der Waals surface area contributed by atoms with Crippen LogP contribution in [0.4, 0.5) is 0 Å². The summed E-state index contributed by atoms with van der Waals surface area (Å²) in [6, 6.07) is 5.59. The smallest absolute Gasteiger partial charge is 0.307 e. The fourth-order valence-corrected chi connectivity index (χ4v) is 2.85. The molecule has 15 heavy (non-hydrogen) atoms. The van der Waals surface area contributed by atoms with Crippen LogP contribution < -0.4 is 0 Å². The zero-order valence-corrected chi connectivity index (χ0v) is 9.65. The van der Waals surface area contributed by atoms with E-state index in [-0.39, 0.29) is 6.42 Å². The molecular weight excluding hydrogens is 232 g/mol. The van der Waals surface area contributed by atoms with Gasteiger partial charge >= 0.3 is 5.97 Å². The first-order valence-electron chi connectivity index (χ1n) is 4.47. The number of hydrogen-bond acceptors (Lipinski definition) is 2. The number of halogens is 1. The number of thiophene rings is 1. The van der Waals surface area contributed by atoms with E-state index in [0.29, 0.717) is 5.02 Å². The van der Waals surface area contributed by atoms with Crippen LogP contribution >= 0.6 is 22.9 Å². The summed E-state index contributed by atoms with van der Waals surface area (Å²) >= 11 is 7.50. The number of carboxylic acid groups (broad SMARTS) is 1. The number of benzene rings is 1. The van der Waals surface area contributed by atoms with E-state index in [0.717, 1.165) is 20.5 Å². The first kappa shape index (κ1) is 10.5. The van der Waals surface area contributed by atoms with Crippen molar-refractivity contribution in [1.29, 1.82) is 0 Å². The van der Waals surface area contributed by atoms with Crippen molar-refractivity contribution in [3.63, 3.8) is 0 Å². The molecule has 78 valence electrons. The Balaban J connectivity index is 2.65. The number of aliphatic carboxylic acids is 1. The number of hydrogen-bond donors (Lipinski definition) is 1. The second kappa shape index (κ2) is 3.83. The number of aryl methyl sites for hydroxylation is 1. The SMILES string of the molecule is Cc1sc2ccc(Cl)cc2c1CC(=O)O. The van der Waals surface area contributed by atoms with Gasteiger partial charge in [-0.15, -0.1) is 11.3 Å². The molecule has 0 spiro atoms. The van der Waals surface area contributed by atoms with E-state index in [2.05, 4.69) is 0 Å². The van der Waals surface area contributed by atoms with Crippen molar-refractivity contribution >= 4 is 39.0 Å². The first-order valence-corrected chi connectivity index (χ1v) is 5.66. The van der Waals surface area contributed by atoms with E-state index < -0.39 is 5.97 Å². The maximum absolute atomic E-state index is 10.7. The molecule has 0 unspecified atom stereocenters. The molecule has 2 nitrogen and oxygen atoms in total. The van der Waals surface area contributed by atoms with Gasteiger partial charge in [-0.05, 0) is 36.1 Å². The topological polar surface area (TPSA) is 37.3 Å². The Hall–Kier alpha value is -1.06. The van der Waals surface area contributed by atoms with Crippen LogP contribution in [0, 0.1) is 6.92 Å². The van der Waals surface area contributed by atoms with Crippen LogP contribution in [0.5, 0.6) is 0 Å². The Morgan fingerprint density at radius 3 is 2.93 bits per heavy atom. The van der Waals surface area contributed by atoms with Gasteiger partial charge in [0.25, 0.3) is 0 Å². The van der Waals surface area contributed by atoms with Crippen molar-refractivity contribution in [1.82, 2.24) is 0 Å². The van der Waals surface area contributed by atoms with Gasteiger partial charge < -0.3 is 5.11 Å². The summed E-state index contributed by atoms with van der Waals surface area (Å²) in [6.45, 7) is 1.94. The summed E-state index contributed by atoms with van der Waals surface area (Å²) in [5.74, 6) is -0.808. The van der Waals surface area contributed by atoms with Gasteiger partial charge in [-0.25, -0.2) is 0 Å². The molecule has 0 atom stereocenters. The van der Waals surface area contributed by atoms with Gasteiger partial charge in [0.05, 0.1) is 6.42 Å². The Bertz CT molecular complexity index is 531. The lowest BCUT2D eigenvalue weighted by Gasteiger charge is -1.97. The maximum Gasteiger partial charge on any atom is 0.307 e. The summed E-state index contributed by atoms with van der Waals surface area (Å²) in [4.78, 5) is 11.8. The average Bonchev–Trinajstić information content (AvgIpc) is 2.43. The molecule has 0 saturated heterocycles. The van der Waals surface area contributed by atoms with Crippen LogP contribution in [-0.4, -0.2) is 11.1 Å². The molecule has 1 heterocycles. The van der Waals surface area contributed by atoms with Crippen molar-refractivity contribution in [2.24, 2.45) is 0 Å². The molecule has 0 saturated carbocycles. The molecule has 0 fully saturated rings. The van der Waals surface area contributed by atoms with Crippen LogP contribution in [0.2, 0.25) is 5.02 Å². The molecule has 0 aliphatic rings. The standard InChI is InChI=1S/C11H9ClO2S/c1-6-8(5-11(13)14)9-4-7(12)2-3-10(9)15-6/h2-4H,5H2,1H3,(H,13,14). The van der Waals surface area contributed by atoms with Crippen LogP contribution in [0.1, 0.15) is 10.4 Å². The normalized spacial score (nSPS) is 10.8. The van der Waals surface area contributed by atoms with Crippen LogP contribution in [0.25, 0.3) is 10.1 Å². The van der Waals surface area contributed by atoms with Gasteiger partial charge in [-0.1, -0.05) is 11.6 Å². The van der Waals surface area contributed by atoms with Gasteiger partial charge in [0.1, 0.15) is 0 Å². The molecule has 4 heteroatoms. The zero-order valence-electron chi connectivity index (χ0n) is 8.08. The second-order valence-corrected chi connectivity index (χ2v) is 5.04. The predicted octanol–water partition coefficient (Wildman–Crippen LogP) is 3.49. The zero-order chi connectivity index (χ0) is 11.0. The van der Waals surface area contributed by atoms with Gasteiger partial charge in [-0.2, -0.15) is 0 Å². The highest BCUT2D eigenvalue weighted by Crippen LogP contribution is 2.32. The third-order valence-electron chi connectivity index (χ3n) is 2.28. The van der Waals surface area contributed by atoms with Crippen molar-refractivity contribution in [3.8, 4) is 0 Å². The molecule has 0 aliphatic carbocycles. The summed E-state index contributed by atoms with van der Waals surface area (Å²) in [5.41, 5.74) is 0.880. The lowest BCUT2D eigenvalue weighted by Crippen LogP contribution is -2.00. The second-order valence-electron chi connectivity index (χ2n) is 3.35. The number of carboxylic acids is 1. The largest absolute Gasteiger partial charge is 0.481 e. The minimum Gasteiger partial charge on any atom is -0.481 e. The minimum atomic E-state index is -0.808. The minimum absolute atomic E-state index is 0.0617. The molecule has 2 rings (SSSR count). The monoisotopic (exact) mass is 240 g/mol. The van der Waals surface area contributed by atoms with Gasteiger partial charge in [-0.3, -0.25) is 4.79 Å². The Morgan fingerprint density at radius 1 is 1.53 bits per heavy atom. The molecular formula is C11H9ClO2S. The van der Waals surface area contributed by atoms with Gasteiger partial charge in [0.15, 0.2) is 0 Å². The van der Waals surface area contributed by atoms with E-state index in [1.54, 1.807) is 11.3 Å². The fraction of sp³-hybridized carbons (Fsp3) is 0.182. The van der Waals surface area contributed by atoms with E-state index >= 15 is 0 Å². The van der Waals surface area contributed by atoms with E-state index in [9.17, 15) is 4.79 Å². The molecule has 1 aromatic carbocycles. The molecule has 1 aromatic heterocycles. The molecule has 0 aliphatic heterocycles. The van der Waals surface area contributed by atoms with Crippen LogP contribution in [0.3, 0.4) is 0 Å². The Morgan fingerprint density at radius 2 is 2.27 bits per heavy atom. The van der Waals surface area contributed by atoms with Gasteiger partial charge in [0.2, 0.25) is 0 Å². The van der Waals surface area contributed by atoms with Crippen molar-refractivity contribution in [3.05, 3.63) is 33.7 Å². The Labute approximate surface area is 96.1 Å². The van der Waals surface area contributed by atoms with E-state index in [1.807, 2.05) is 25.1 Å². The quantitative estimate of drug-likeness (QED) is 0.873. The van der Waals surface area contributed by atoms with Crippen LogP contribution in [0.15, 0.2) is 18.2 Å². The fourth-order valence-electron chi connectivity index (χ4n) is 1.61. The number of fused-ring (bicyclic) bond motifs is 1. The average molecular weight is 241 g/mol. The van der Waals surface area contributed by atoms with E-state index in [4.69, 9.17) is 16.7 Å². The molecule has 2 aromatic rings. The highest BCUT2D eigenvalue weighted by atomic mass is 35.5. The van der Waals surface area contributed by atoms with Crippen molar-refractivity contribution < 1.29 is 9.90 Å². The maximum atomic E-state index is 10.7. The highest BCUT2D eigenvalue weighted by molar-refractivity contribution is 7.19. The van der Waals surface area contributed by atoms with Gasteiger partial charge in [0, 0.05) is 14.6 Å². The summed E-state index contributed by atoms with van der Waals surface area (Å²) in [6.07, 6.45) is 0.0617. The van der Waals surface area contributed by atoms with Crippen molar-refractivity contribution in [2.45, 2.75) is 13.3 Å². The summed E-state index contributed by atoms with van der Waals surface area (Å²) < 4.78 is 1.09. The van der Waals surface area contributed by atoms with Crippen molar-refractivity contribution in [2.75, 3.05) is 0 Å². The lowest BCUT2D eigenvalue weighted by molar-refractivity contribution is -0.136. The third kappa shape index (κ3) is 1.98. The highest BCUT2D eigenvalue weighted by Gasteiger charge is 2.12. The molecule has 1 N–H and O–H groups in total. The number of carbonyl (C=O) groups is 1.